The minimum absolute atomic E-state index is 0.236. The molecule has 0 radical (unpaired) electrons. The number of carbonyl (C=O) groups is 1. The molecule has 3 aliphatic rings. The van der Waals surface area contributed by atoms with Gasteiger partial charge in [0.2, 0.25) is 0 Å². The monoisotopic (exact) mass is 417 g/mol. The van der Waals surface area contributed by atoms with Crippen molar-refractivity contribution >= 4 is 11.9 Å². The molecule has 30 heavy (non-hydrogen) atoms. The molecule has 1 aromatic heterocycles. The van der Waals surface area contributed by atoms with Gasteiger partial charge in [-0.1, -0.05) is 0 Å². The highest BCUT2D eigenvalue weighted by molar-refractivity contribution is 5.68. The van der Waals surface area contributed by atoms with Gasteiger partial charge < -0.3 is 24.2 Å². The van der Waals surface area contributed by atoms with Crippen LogP contribution < -0.4 is 9.64 Å². The summed E-state index contributed by atoms with van der Waals surface area (Å²) in [7, 11) is 2.15. The van der Waals surface area contributed by atoms with Crippen LogP contribution in [-0.4, -0.2) is 83.9 Å². The smallest absolute Gasteiger partial charge is 0.410 e. The third-order valence-corrected chi connectivity index (χ3v) is 6.20. The third-order valence-electron chi connectivity index (χ3n) is 6.20. The van der Waals surface area contributed by atoms with Gasteiger partial charge in [0, 0.05) is 37.8 Å². The Labute approximate surface area is 179 Å². The zero-order valence-corrected chi connectivity index (χ0v) is 18.8. The maximum Gasteiger partial charge on any atom is 0.410 e. The Morgan fingerprint density at radius 2 is 1.83 bits per heavy atom. The molecule has 0 N–H and O–H groups in total. The van der Waals surface area contributed by atoms with Crippen molar-refractivity contribution in [2.24, 2.45) is 0 Å². The Morgan fingerprint density at radius 1 is 1.07 bits per heavy atom. The van der Waals surface area contributed by atoms with E-state index in [9.17, 15) is 4.79 Å². The lowest BCUT2D eigenvalue weighted by Crippen LogP contribution is -2.50. The van der Waals surface area contributed by atoms with Crippen LogP contribution in [0.25, 0.3) is 0 Å². The number of hydrogen-bond acceptors (Lipinski definition) is 7. The van der Waals surface area contributed by atoms with Crippen LogP contribution in [0.2, 0.25) is 0 Å². The van der Waals surface area contributed by atoms with E-state index in [2.05, 4.69) is 16.8 Å². The first-order chi connectivity index (χ1) is 14.3. The Bertz CT molecular complexity index is 771. The summed E-state index contributed by atoms with van der Waals surface area (Å²) in [6.07, 6.45) is 5.28. The predicted octanol–water partition coefficient (Wildman–Crippen LogP) is 2.50. The van der Waals surface area contributed by atoms with Gasteiger partial charge in [-0.25, -0.2) is 4.79 Å². The molecule has 1 aliphatic carbocycles. The fourth-order valence-electron chi connectivity index (χ4n) is 4.50. The third kappa shape index (κ3) is 4.79. The van der Waals surface area contributed by atoms with Gasteiger partial charge in [0.1, 0.15) is 18.0 Å². The normalized spacial score (nSPS) is 22.3. The van der Waals surface area contributed by atoms with Crippen molar-refractivity contribution in [2.45, 2.75) is 64.5 Å². The van der Waals surface area contributed by atoms with E-state index < -0.39 is 5.60 Å². The van der Waals surface area contributed by atoms with E-state index in [1.807, 2.05) is 20.8 Å². The zero-order chi connectivity index (χ0) is 21.3. The molecule has 8 nitrogen and oxygen atoms in total. The number of nitrogens with zero attached hydrogens (tertiary/aromatic N) is 5. The largest absolute Gasteiger partial charge is 0.462 e. The lowest BCUT2D eigenvalue weighted by Gasteiger charge is -2.36. The molecule has 1 aromatic rings. The lowest BCUT2D eigenvalue weighted by atomic mass is 10.2. The van der Waals surface area contributed by atoms with E-state index in [1.54, 1.807) is 4.90 Å². The summed E-state index contributed by atoms with van der Waals surface area (Å²) in [5, 5.41) is 0. The number of aryl methyl sites for hydroxylation is 1. The number of likely N-dealkylation sites (tertiary alicyclic amines) is 1. The van der Waals surface area contributed by atoms with Crippen LogP contribution in [0.4, 0.5) is 10.6 Å². The van der Waals surface area contributed by atoms with Crippen molar-refractivity contribution in [3.63, 3.8) is 0 Å². The van der Waals surface area contributed by atoms with Gasteiger partial charge in [-0.15, -0.1) is 0 Å². The van der Waals surface area contributed by atoms with Gasteiger partial charge in [-0.05, 0) is 66.5 Å². The molecule has 0 bridgehead atoms. The van der Waals surface area contributed by atoms with Crippen LogP contribution in [0.5, 0.6) is 6.01 Å². The highest BCUT2D eigenvalue weighted by atomic mass is 16.6. The van der Waals surface area contributed by atoms with Crippen LogP contribution in [0, 0.1) is 0 Å². The lowest BCUT2D eigenvalue weighted by molar-refractivity contribution is 0.0240. The summed E-state index contributed by atoms with van der Waals surface area (Å²) >= 11 is 0. The van der Waals surface area contributed by atoms with Gasteiger partial charge in [-0.2, -0.15) is 9.97 Å². The molecule has 2 saturated heterocycles. The van der Waals surface area contributed by atoms with Gasteiger partial charge in [0.15, 0.2) is 0 Å². The molecule has 4 rings (SSSR count). The molecular weight excluding hydrogens is 382 g/mol. The number of rotatable bonds is 4. The second-order valence-electron chi connectivity index (χ2n) is 9.65. The summed E-state index contributed by atoms with van der Waals surface area (Å²) in [5.74, 6) is 0.996. The molecule has 2 aliphatic heterocycles. The molecule has 166 valence electrons. The number of piperazine rings is 1. The molecule has 2 fully saturated rings. The Hall–Kier alpha value is -2.09. The molecule has 0 spiro atoms. The van der Waals surface area contributed by atoms with Crippen molar-refractivity contribution in [1.82, 2.24) is 19.8 Å². The number of hydrogen-bond donors (Lipinski definition) is 0. The van der Waals surface area contributed by atoms with E-state index in [-0.39, 0.29) is 6.09 Å². The maximum atomic E-state index is 12.4. The fourth-order valence-corrected chi connectivity index (χ4v) is 4.50. The first-order valence-corrected chi connectivity index (χ1v) is 11.3. The predicted molar refractivity (Wildman–Crippen MR) is 115 cm³/mol. The second kappa shape index (κ2) is 8.57. The van der Waals surface area contributed by atoms with Gasteiger partial charge in [0.25, 0.3) is 0 Å². The molecule has 0 saturated carbocycles. The number of fused-ring (bicyclic) bond motifs is 1. The van der Waals surface area contributed by atoms with Crippen molar-refractivity contribution in [3.05, 3.63) is 11.3 Å². The summed E-state index contributed by atoms with van der Waals surface area (Å²) in [4.78, 5) is 28.3. The van der Waals surface area contributed by atoms with Crippen molar-refractivity contribution in [2.75, 3.05) is 51.3 Å². The van der Waals surface area contributed by atoms with Gasteiger partial charge in [0.05, 0.1) is 5.69 Å². The number of carbonyl (C=O) groups excluding carboxylic acids is 1. The standard InChI is InChI=1S/C22H35N5O3/c1-22(2,3)30-21(28)27-13-11-26(12-14-27)19-17-8-5-9-18(17)23-20(24-19)29-15-16-7-6-10-25(16)4/h16H,5-15H2,1-4H3/t16-/m0/s1. The first kappa shape index (κ1) is 21.2. The summed E-state index contributed by atoms with van der Waals surface area (Å²) in [6, 6.07) is 0.947. The summed E-state index contributed by atoms with van der Waals surface area (Å²) in [5.41, 5.74) is 1.91. The van der Waals surface area contributed by atoms with Crippen molar-refractivity contribution in [3.8, 4) is 6.01 Å². The maximum absolute atomic E-state index is 12.4. The fraction of sp³-hybridized carbons (Fsp3) is 0.773. The number of aromatic nitrogens is 2. The van der Waals surface area contributed by atoms with Gasteiger partial charge >= 0.3 is 12.1 Å². The van der Waals surface area contributed by atoms with Crippen molar-refractivity contribution in [1.29, 1.82) is 0 Å². The van der Waals surface area contributed by atoms with E-state index in [0.717, 1.165) is 50.4 Å². The number of ether oxygens (including phenoxy) is 2. The van der Waals surface area contributed by atoms with E-state index in [4.69, 9.17) is 19.4 Å². The van der Waals surface area contributed by atoms with Crippen LogP contribution in [0.1, 0.15) is 51.3 Å². The SMILES string of the molecule is CN1CCC[C@H]1COc1nc2c(c(N3CCN(C(=O)OC(C)(C)C)CC3)n1)CCC2. The Balaban J connectivity index is 1.42. The summed E-state index contributed by atoms with van der Waals surface area (Å²) < 4.78 is 11.6. The molecular formula is C22H35N5O3. The summed E-state index contributed by atoms with van der Waals surface area (Å²) in [6.45, 7) is 10.2. The number of likely N-dealkylation sites (N-methyl/N-ethyl adjacent to an activating group) is 1. The zero-order valence-electron chi connectivity index (χ0n) is 18.8. The molecule has 3 heterocycles. The molecule has 1 atom stereocenters. The minimum atomic E-state index is -0.471. The Kier molecular flexibility index (Phi) is 6.04. The van der Waals surface area contributed by atoms with E-state index in [1.165, 1.54) is 18.4 Å². The van der Waals surface area contributed by atoms with Crippen LogP contribution in [-0.2, 0) is 17.6 Å². The molecule has 8 heteroatoms. The highest BCUT2D eigenvalue weighted by Crippen LogP contribution is 2.31. The van der Waals surface area contributed by atoms with E-state index in [0.29, 0.717) is 31.7 Å². The minimum Gasteiger partial charge on any atom is -0.462 e. The first-order valence-electron chi connectivity index (χ1n) is 11.3. The molecule has 0 aromatic carbocycles. The highest BCUT2D eigenvalue weighted by Gasteiger charge is 2.30. The number of amides is 1. The van der Waals surface area contributed by atoms with Gasteiger partial charge in [-0.3, -0.25) is 0 Å². The van der Waals surface area contributed by atoms with Crippen LogP contribution in [0.3, 0.4) is 0 Å². The van der Waals surface area contributed by atoms with Crippen molar-refractivity contribution < 1.29 is 14.3 Å². The van der Waals surface area contributed by atoms with Crippen LogP contribution >= 0.6 is 0 Å². The average molecular weight is 418 g/mol. The van der Waals surface area contributed by atoms with E-state index >= 15 is 0 Å². The average Bonchev–Trinajstić information content (AvgIpc) is 3.33. The quantitative estimate of drug-likeness (QED) is 0.745. The molecule has 0 unspecified atom stereocenters. The molecule has 1 amide bonds. The number of anilines is 1. The topological polar surface area (TPSA) is 71.0 Å². The van der Waals surface area contributed by atoms with Crippen LogP contribution in [0.15, 0.2) is 0 Å². The Morgan fingerprint density at radius 3 is 2.50 bits per heavy atom. The second-order valence-corrected chi connectivity index (χ2v) is 9.65.